The van der Waals surface area contributed by atoms with Crippen LogP contribution in [0, 0.1) is 12.8 Å². The Morgan fingerprint density at radius 2 is 2.64 bits per heavy atom. The van der Waals surface area contributed by atoms with Gasteiger partial charge in [0.1, 0.15) is 10.8 Å². The molecule has 1 aliphatic heterocycles. The zero-order valence-corrected chi connectivity index (χ0v) is 8.97. The Labute approximate surface area is 87.1 Å². The van der Waals surface area contributed by atoms with Gasteiger partial charge in [0.05, 0.1) is 13.0 Å². The molecule has 2 rings (SSSR count). The van der Waals surface area contributed by atoms with E-state index in [4.69, 9.17) is 4.74 Å². The summed E-state index contributed by atoms with van der Waals surface area (Å²) in [6, 6.07) is 0. The summed E-state index contributed by atoms with van der Waals surface area (Å²) < 4.78 is 5.18. The van der Waals surface area contributed by atoms with Crippen molar-refractivity contribution in [3.05, 3.63) is 16.1 Å². The summed E-state index contributed by atoms with van der Waals surface area (Å²) >= 11 is 1.56. The summed E-state index contributed by atoms with van der Waals surface area (Å²) in [5.74, 6) is 0.385. The minimum absolute atomic E-state index is 0.110. The number of ether oxygens (including phenoxy) is 1. The number of ketones is 1. The number of nitrogens with zero attached hydrogens (tertiary/aromatic N) is 1. The predicted octanol–water partition coefficient (Wildman–Crippen LogP) is 1.60. The third kappa shape index (κ3) is 2.19. The van der Waals surface area contributed by atoms with Crippen LogP contribution in [0.4, 0.5) is 0 Å². The monoisotopic (exact) mass is 211 g/mol. The normalized spacial score (nSPS) is 21.4. The molecule has 0 aliphatic carbocycles. The number of aryl methyl sites for hydroxylation is 1. The average Bonchev–Trinajstić information content (AvgIpc) is 2.75. The highest BCUT2D eigenvalue weighted by Crippen LogP contribution is 2.17. The molecular formula is C10H13NO2S. The molecule has 1 aromatic rings. The smallest absolute Gasteiger partial charge is 0.145 e. The molecule has 1 atom stereocenters. The van der Waals surface area contributed by atoms with Crippen LogP contribution in [0.15, 0.2) is 5.38 Å². The lowest BCUT2D eigenvalue weighted by molar-refractivity contribution is -0.122. The standard InChI is InChI=1S/C10H13NO2S/c1-7-6-14-10(11-7)4-9(12)8-2-3-13-5-8/h6,8H,2-5H2,1H3. The summed E-state index contributed by atoms with van der Waals surface area (Å²) in [5, 5.41) is 2.91. The van der Waals surface area contributed by atoms with E-state index < -0.39 is 0 Å². The third-order valence-electron chi connectivity index (χ3n) is 2.38. The van der Waals surface area contributed by atoms with E-state index in [0.717, 1.165) is 23.7 Å². The lowest BCUT2D eigenvalue weighted by Gasteiger charge is -2.03. The first-order chi connectivity index (χ1) is 6.75. The number of hydrogen-bond donors (Lipinski definition) is 0. The molecule has 1 unspecified atom stereocenters. The summed E-state index contributed by atoms with van der Waals surface area (Å²) in [7, 11) is 0. The molecule has 3 nitrogen and oxygen atoms in total. The third-order valence-corrected chi connectivity index (χ3v) is 3.34. The Morgan fingerprint density at radius 1 is 1.79 bits per heavy atom. The molecule has 1 aliphatic rings. The molecule has 0 aromatic carbocycles. The van der Waals surface area contributed by atoms with Gasteiger partial charge in [0, 0.05) is 23.6 Å². The molecule has 76 valence electrons. The first kappa shape index (κ1) is 9.80. The number of aromatic nitrogens is 1. The molecule has 14 heavy (non-hydrogen) atoms. The van der Waals surface area contributed by atoms with Crippen molar-refractivity contribution < 1.29 is 9.53 Å². The van der Waals surface area contributed by atoms with Gasteiger partial charge in [0.2, 0.25) is 0 Å². The van der Waals surface area contributed by atoms with Gasteiger partial charge in [-0.1, -0.05) is 0 Å². The van der Waals surface area contributed by atoms with Crippen LogP contribution in [-0.2, 0) is 16.0 Å². The lowest BCUT2D eigenvalue weighted by Crippen LogP contribution is -2.16. The Hall–Kier alpha value is -0.740. The summed E-state index contributed by atoms with van der Waals surface area (Å²) in [6.45, 7) is 3.28. The van der Waals surface area contributed by atoms with E-state index in [-0.39, 0.29) is 11.7 Å². The lowest BCUT2D eigenvalue weighted by atomic mass is 10.0. The molecule has 2 heterocycles. The van der Waals surface area contributed by atoms with E-state index >= 15 is 0 Å². The number of hydrogen-bond acceptors (Lipinski definition) is 4. The Bertz CT molecular complexity index is 329. The highest BCUT2D eigenvalue weighted by Gasteiger charge is 2.23. The Morgan fingerprint density at radius 3 is 3.21 bits per heavy atom. The van der Waals surface area contributed by atoms with Crippen LogP contribution in [0.2, 0.25) is 0 Å². The van der Waals surface area contributed by atoms with E-state index in [0.29, 0.717) is 13.0 Å². The van der Waals surface area contributed by atoms with Gasteiger partial charge in [0.15, 0.2) is 0 Å². The second kappa shape index (κ2) is 4.19. The SMILES string of the molecule is Cc1csc(CC(=O)C2CCOC2)n1. The first-order valence-corrected chi connectivity index (χ1v) is 5.65. The van der Waals surface area contributed by atoms with Gasteiger partial charge in [0.25, 0.3) is 0 Å². The minimum Gasteiger partial charge on any atom is -0.381 e. The zero-order chi connectivity index (χ0) is 9.97. The van der Waals surface area contributed by atoms with Crippen molar-refractivity contribution in [2.45, 2.75) is 19.8 Å². The second-order valence-corrected chi connectivity index (χ2v) is 4.53. The van der Waals surface area contributed by atoms with Crippen molar-refractivity contribution >= 4 is 17.1 Å². The molecule has 0 N–H and O–H groups in total. The molecule has 0 saturated carbocycles. The van der Waals surface area contributed by atoms with E-state index in [1.165, 1.54) is 0 Å². The number of carbonyl (C=O) groups is 1. The van der Waals surface area contributed by atoms with Gasteiger partial charge < -0.3 is 4.74 Å². The molecule has 0 bridgehead atoms. The maximum atomic E-state index is 11.7. The molecule has 0 spiro atoms. The number of rotatable bonds is 3. The van der Waals surface area contributed by atoms with Crippen molar-refractivity contribution in [1.29, 1.82) is 0 Å². The van der Waals surface area contributed by atoms with Gasteiger partial charge >= 0.3 is 0 Å². The maximum Gasteiger partial charge on any atom is 0.145 e. The molecular weight excluding hydrogens is 198 g/mol. The van der Waals surface area contributed by atoms with E-state index in [1.807, 2.05) is 12.3 Å². The van der Waals surface area contributed by atoms with Gasteiger partial charge in [-0.15, -0.1) is 11.3 Å². The molecule has 1 fully saturated rings. The Kier molecular flexibility index (Phi) is 2.93. The van der Waals surface area contributed by atoms with E-state index in [2.05, 4.69) is 4.98 Å². The van der Waals surface area contributed by atoms with Crippen molar-refractivity contribution in [3.8, 4) is 0 Å². The van der Waals surface area contributed by atoms with Crippen molar-refractivity contribution in [2.75, 3.05) is 13.2 Å². The highest BCUT2D eigenvalue weighted by molar-refractivity contribution is 7.09. The van der Waals surface area contributed by atoms with Gasteiger partial charge in [-0.3, -0.25) is 4.79 Å². The van der Waals surface area contributed by atoms with Crippen LogP contribution < -0.4 is 0 Å². The summed E-state index contributed by atoms with van der Waals surface area (Å²) in [4.78, 5) is 16.0. The van der Waals surface area contributed by atoms with E-state index in [1.54, 1.807) is 11.3 Å². The number of carbonyl (C=O) groups excluding carboxylic acids is 1. The van der Waals surface area contributed by atoms with Crippen LogP contribution >= 0.6 is 11.3 Å². The topological polar surface area (TPSA) is 39.2 Å². The van der Waals surface area contributed by atoms with Gasteiger partial charge in [-0.25, -0.2) is 4.98 Å². The largest absolute Gasteiger partial charge is 0.381 e. The average molecular weight is 211 g/mol. The van der Waals surface area contributed by atoms with Crippen LogP contribution in [0.5, 0.6) is 0 Å². The quantitative estimate of drug-likeness (QED) is 0.762. The summed E-state index contributed by atoms with van der Waals surface area (Å²) in [5.41, 5.74) is 1.00. The maximum absolute atomic E-state index is 11.7. The summed E-state index contributed by atoms with van der Waals surface area (Å²) in [6.07, 6.45) is 1.36. The fourth-order valence-corrected chi connectivity index (χ4v) is 2.35. The Balaban J connectivity index is 1.93. The predicted molar refractivity (Wildman–Crippen MR) is 54.5 cm³/mol. The van der Waals surface area contributed by atoms with Crippen LogP contribution in [0.1, 0.15) is 17.1 Å². The second-order valence-electron chi connectivity index (χ2n) is 3.59. The van der Waals surface area contributed by atoms with E-state index in [9.17, 15) is 4.79 Å². The van der Waals surface area contributed by atoms with Gasteiger partial charge in [-0.2, -0.15) is 0 Å². The van der Waals surface area contributed by atoms with Gasteiger partial charge in [-0.05, 0) is 13.3 Å². The van der Waals surface area contributed by atoms with Crippen LogP contribution in [0.3, 0.4) is 0 Å². The molecule has 1 aromatic heterocycles. The highest BCUT2D eigenvalue weighted by atomic mass is 32.1. The number of thiazole rings is 1. The fourth-order valence-electron chi connectivity index (χ4n) is 1.57. The molecule has 1 saturated heterocycles. The van der Waals surface area contributed by atoms with Crippen molar-refractivity contribution in [1.82, 2.24) is 4.98 Å². The van der Waals surface area contributed by atoms with Crippen molar-refractivity contribution in [2.24, 2.45) is 5.92 Å². The van der Waals surface area contributed by atoms with Crippen LogP contribution in [-0.4, -0.2) is 24.0 Å². The van der Waals surface area contributed by atoms with Crippen LogP contribution in [0.25, 0.3) is 0 Å². The molecule has 4 heteroatoms. The molecule has 0 radical (unpaired) electrons. The molecule has 0 amide bonds. The number of Topliss-reactive ketones (excluding diaryl/α,β-unsaturated/α-hetero) is 1. The zero-order valence-electron chi connectivity index (χ0n) is 8.16. The first-order valence-electron chi connectivity index (χ1n) is 4.77. The minimum atomic E-state index is 0.110. The fraction of sp³-hybridized carbons (Fsp3) is 0.600. The van der Waals surface area contributed by atoms with Crippen molar-refractivity contribution in [3.63, 3.8) is 0 Å².